The van der Waals surface area contributed by atoms with Crippen molar-refractivity contribution in [1.29, 1.82) is 0 Å². The van der Waals surface area contributed by atoms with Gasteiger partial charge in [-0.15, -0.1) is 0 Å². The molecule has 1 heterocycles. The fourth-order valence-electron chi connectivity index (χ4n) is 3.01. The van der Waals surface area contributed by atoms with Crippen LogP contribution in [0.2, 0.25) is 0 Å². The number of aryl methyl sites for hydroxylation is 1. The Balaban J connectivity index is 1.90. The molecule has 1 saturated heterocycles. The first-order valence-electron chi connectivity index (χ1n) is 9.39. The van der Waals surface area contributed by atoms with Gasteiger partial charge >= 0.3 is 0 Å². The van der Waals surface area contributed by atoms with Crippen molar-refractivity contribution in [3.8, 4) is 5.75 Å². The van der Waals surface area contributed by atoms with Crippen LogP contribution in [0.25, 0.3) is 0 Å². The topological polar surface area (TPSA) is 75.7 Å². The third kappa shape index (κ3) is 5.45. The zero-order valence-corrected chi connectivity index (χ0v) is 16.8. The van der Waals surface area contributed by atoms with E-state index in [1.807, 2.05) is 25.1 Å². The van der Waals surface area contributed by atoms with Crippen molar-refractivity contribution in [3.05, 3.63) is 23.8 Å². The molecule has 0 radical (unpaired) electrons. The van der Waals surface area contributed by atoms with Gasteiger partial charge in [-0.2, -0.15) is 0 Å². The normalized spacial score (nSPS) is 16.4. The van der Waals surface area contributed by atoms with Crippen LogP contribution in [0.5, 0.6) is 5.75 Å². The average Bonchev–Trinajstić information content (AvgIpc) is 2.64. The molecule has 6 nitrogen and oxygen atoms in total. The second-order valence-electron chi connectivity index (χ2n) is 6.74. The van der Waals surface area contributed by atoms with Gasteiger partial charge in [0.2, 0.25) is 15.9 Å². The summed E-state index contributed by atoms with van der Waals surface area (Å²) in [5.41, 5.74) is 1.74. The van der Waals surface area contributed by atoms with Crippen molar-refractivity contribution in [2.24, 2.45) is 5.92 Å². The number of carbonyl (C=O) groups is 1. The van der Waals surface area contributed by atoms with Crippen molar-refractivity contribution in [1.82, 2.24) is 4.31 Å². The molecule has 1 aromatic carbocycles. The van der Waals surface area contributed by atoms with Crippen LogP contribution >= 0.6 is 0 Å². The maximum Gasteiger partial charge on any atom is 0.227 e. The Labute approximate surface area is 157 Å². The number of sulfonamides is 1. The van der Waals surface area contributed by atoms with E-state index in [0.717, 1.165) is 29.8 Å². The minimum atomic E-state index is -3.16. The highest BCUT2D eigenvalue weighted by atomic mass is 32.2. The number of piperidine rings is 1. The number of hydrogen-bond acceptors (Lipinski definition) is 4. The molecule has 1 aliphatic heterocycles. The van der Waals surface area contributed by atoms with E-state index in [1.165, 1.54) is 4.31 Å². The number of nitrogens with one attached hydrogen (secondary N) is 1. The molecule has 0 aliphatic carbocycles. The minimum Gasteiger partial charge on any atom is -0.494 e. The van der Waals surface area contributed by atoms with Gasteiger partial charge in [-0.1, -0.05) is 13.3 Å². The van der Waals surface area contributed by atoms with Gasteiger partial charge in [-0.3, -0.25) is 4.79 Å². The van der Waals surface area contributed by atoms with Crippen LogP contribution in [0.4, 0.5) is 5.69 Å². The van der Waals surface area contributed by atoms with Crippen molar-refractivity contribution in [3.63, 3.8) is 0 Å². The fourth-order valence-corrected chi connectivity index (χ4v) is 4.15. The number of amides is 1. The lowest BCUT2D eigenvalue weighted by Crippen LogP contribution is -2.42. The smallest absolute Gasteiger partial charge is 0.227 e. The van der Waals surface area contributed by atoms with Crippen LogP contribution in [-0.4, -0.2) is 44.1 Å². The van der Waals surface area contributed by atoms with Gasteiger partial charge in [0, 0.05) is 24.7 Å². The maximum atomic E-state index is 12.5. The number of hydrogen-bond donors (Lipinski definition) is 1. The van der Waals surface area contributed by atoms with Gasteiger partial charge < -0.3 is 10.1 Å². The number of benzene rings is 1. The molecule has 2 rings (SSSR count). The molecule has 0 bridgehead atoms. The van der Waals surface area contributed by atoms with E-state index in [4.69, 9.17) is 4.74 Å². The average molecular weight is 383 g/mol. The molecule has 1 amide bonds. The molecule has 0 atom stereocenters. The van der Waals surface area contributed by atoms with E-state index < -0.39 is 10.0 Å². The van der Waals surface area contributed by atoms with Crippen LogP contribution in [0.3, 0.4) is 0 Å². The number of carbonyl (C=O) groups excluding carboxylic acids is 1. The molecule has 26 heavy (non-hydrogen) atoms. The van der Waals surface area contributed by atoms with E-state index >= 15 is 0 Å². The zero-order chi connectivity index (χ0) is 19.2. The van der Waals surface area contributed by atoms with E-state index in [0.29, 0.717) is 32.5 Å². The Bertz CT molecular complexity index is 710. The Morgan fingerprint density at radius 2 is 1.96 bits per heavy atom. The van der Waals surface area contributed by atoms with Gasteiger partial charge in [0.1, 0.15) is 5.75 Å². The van der Waals surface area contributed by atoms with Crippen LogP contribution in [0, 0.1) is 12.8 Å². The summed E-state index contributed by atoms with van der Waals surface area (Å²) in [6, 6.07) is 5.67. The van der Waals surface area contributed by atoms with Gasteiger partial charge in [-0.25, -0.2) is 12.7 Å². The molecule has 0 aromatic heterocycles. The highest BCUT2D eigenvalue weighted by molar-refractivity contribution is 7.89. The summed E-state index contributed by atoms with van der Waals surface area (Å²) in [6.45, 7) is 7.23. The summed E-state index contributed by atoms with van der Waals surface area (Å²) in [5, 5.41) is 2.98. The van der Waals surface area contributed by atoms with Crippen LogP contribution in [0.15, 0.2) is 18.2 Å². The lowest BCUT2D eigenvalue weighted by atomic mass is 9.97. The number of rotatable bonds is 8. The van der Waals surface area contributed by atoms with E-state index in [9.17, 15) is 13.2 Å². The second kappa shape index (κ2) is 9.37. The van der Waals surface area contributed by atoms with Gasteiger partial charge in [0.05, 0.1) is 12.4 Å². The predicted octanol–water partition coefficient (Wildman–Crippen LogP) is 3.17. The third-order valence-corrected chi connectivity index (χ3v) is 6.69. The molecular weight excluding hydrogens is 352 g/mol. The minimum absolute atomic E-state index is 0.0405. The predicted molar refractivity (Wildman–Crippen MR) is 104 cm³/mol. The van der Waals surface area contributed by atoms with Crippen LogP contribution in [-0.2, 0) is 14.8 Å². The number of anilines is 1. The second-order valence-corrected chi connectivity index (χ2v) is 9.00. The fraction of sp³-hybridized carbons (Fsp3) is 0.632. The summed E-state index contributed by atoms with van der Waals surface area (Å²) in [4.78, 5) is 12.5. The summed E-state index contributed by atoms with van der Waals surface area (Å²) in [6.07, 6.45) is 3.22. The quantitative estimate of drug-likeness (QED) is 0.701. The summed E-state index contributed by atoms with van der Waals surface area (Å²) in [5.74, 6) is 0.724. The zero-order valence-electron chi connectivity index (χ0n) is 16.0. The first kappa shape index (κ1) is 20.7. The first-order valence-corrected chi connectivity index (χ1v) is 11.0. The number of ether oxygens (including phenoxy) is 1. The standard InChI is InChI=1S/C19H30N2O4S/c1-4-6-13-25-17-7-8-18(15(3)14-17)20-19(22)16-9-11-21(12-10-16)26(23,24)5-2/h7-8,14,16H,4-6,9-13H2,1-3H3,(H,20,22). The van der Waals surface area contributed by atoms with Gasteiger partial charge in [0.15, 0.2) is 0 Å². The molecular formula is C19H30N2O4S. The maximum absolute atomic E-state index is 12.5. The van der Waals surface area contributed by atoms with Gasteiger partial charge in [0.25, 0.3) is 0 Å². The van der Waals surface area contributed by atoms with E-state index in [1.54, 1.807) is 6.92 Å². The molecule has 1 aliphatic rings. The Hall–Kier alpha value is -1.60. The summed E-state index contributed by atoms with van der Waals surface area (Å²) >= 11 is 0. The molecule has 146 valence electrons. The SMILES string of the molecule is CCCCOc1ccc(NC(=O)C2CCN(S(=O)(=O)CC)CC2)c(C)c1. The van der Waals surface area contributed by atoms with Crippen molar-refractivity contribution in [2.45, 2.75) is 46.5 Å². The molecule has 1 N–H and O–H groups in total. The molecule has 0 spiro atoms. The monoisotopic (exact) mass is 382 g/mol. The summed E-state index contributed by atoms with van der Waals surface area (Å²) in [7, 11) is -3.16. The third-order valence-electron chi connectivity index (χ3n) is 4.81. The van der Waals surface area contributed by atoms with Crippen molar-refractivity contribution >= 4 is 21.6 Å². The van der Waals surface area contributed by atoms with Crippen LogP contribution < -0.4 is 10.1 Å². The van der Waals surface area contributed by atoms with E-state index in [2.05, 4.69) is 12.2 Å². The van der Waals surface area contributed by atoms with E-state index in [-0.39, 0.29) is 17.6 Å². The molecule has 7 heteroatoms. The molecule has 1 fully saturated rings. The number of unbranched alkanes of at least 4 members (excludes halogenated alkanes) is 1. The lowest BCUT2D eigenvalue weighted by molar-refractivity contribution is -0.120. The first-order chi connectivity index (χ1) is 12.4. The Kier molecular flexibility index (Phi) is 7.46. The Morgan fingerprint density at radius 1 is 1.27 bits per heavy atom. The highest BCUT2D eigenvalue weighted by Gasteiger charge is 2.30. The molecule has 0 saturated carbocycles. The summed E-state index contributed by atoms with van der Waals surface area (Å²) < 4.78 is 31.0. The largest absolute Gasteiger partial charge is 0.494 e. The number of nitrogens with zero attached hydrogens (tertiary/aromatic N) is 1. The van der Waals surface area contributed by atoms with Gasteiger partial charge in [-0.05, 0) is 56.9 Å². The lowest BCUT2D eigenvalue weighted by Gasteiger charge is -2.30. The van der Waals surface area contributed by atoms with Crippen molar-refractivity contribution < 1.29 is 17.9 Å². The Morgan fingerprint density at radius 3 is 2.54 bits per heavy atom. The molecule has 1 aromatic rings. The van der Waals surface area contributed by atoms with Crippen molar-refractivity contribution in [2.75, 3.05) is 30.8 Å². The molecule has 0 unspecified atom stereocenters. The van der Waals surface area contributed by atoms with Crippen LogP contribution in [0.1, 0.15) is 45.1 Å². The highest BCUT2D eigenvalue weighted by Crippen LogP contribution is 2.25.